The van der Waals surface area contributed by atoms with Crippen LogP contribution in [0.3, 0.4) is 0 Å². The molecule has 1 N–H and O–H groups in total. The molecule has 0 saturated heterocycles. The van der Waals surface area contributed by atoms with Crippen LogP contribution < -0.4 is 14.8 Å². The van der Waals surface area contributed by atoms with E-state index in [9.17, 15) is 19.2 Å². The van der Waals surface area contributed by atoms with Crippen LogP contribution in [0.15, 0.2) is 96.2 Å². The Labute approximate surface area is 259 Å². The maximum atomic E-state index is 13.4. The molecule has 226 valence electrons. The van der Waals surface area contributed by atoms with Gasteiger partial charge in [-0.1, -0.05) is 53.7 Å². The van der Waals surface area contributed by atoms with Gasteiger partial charge in [-0.15, -0.1) is 0 Å². The monoisotopic (exact) mass is 603 g/mol. The van der Waals surface area contributed by atoms with Crippen molar-refractivity contribution in [3.8, 4) is 11.5 Å². The zero-order valence-corrected chi connectivity index (χ0v) is 24.6. The Balaban J connectivity index is 1.13. The molecule has 0 aromatic heterocycles. The Morgan fingerprint density at radius 1 is 0.911 bits per heavy atom. The van der Waals surface area contributed by atoms with E-state index in [-0.39, 0.29) is 42.2 Å². The van der Waals surface area contributed by atoms with Gasteiger partial charge in [0, 0.05) is 25.6 Å². The van der Waals surface area contributed by atoms with Crippen LogP contribution in [0.1, 0.15) is 67.2 Å². The number of fused-ring (bicyclic) bond motifs is 1. The summed E-state index contributed by atoms with van der Waals surface area (Å²) in [5.74, 6) is -1.00. The van der Waals surface area contributed by atoms with Gasteiger partial charge in [-0.25, -0.2) is 0 Å². The third-order valence-corrected chi connectivity index (χ3v) is 7.70. The SMILES string of the molecule is COc1ccc(C2CC(c3ccc(NC(=O)c4cccc(CCN5C(=O)c6ccccc6C5=O)c4OC(C)=O)cc3)=NO2)cc1. The number of carbonyl (C=O) groups excluding carboxylic acids is 4. The van der Waals surface area contributed by atoms with E-state index in [0.717, 1.165) is 27.5 Å². The van der Waals surface area contributed by atoms with Crippen LogP contribution in [0.25, 0.3) is 0 Å². The van der Waals surface area contributed by atoms with E-state index < -0.39 is 11.9 Å². The fourth-order valence-corrected chi connectivity index (χ4v) is 5.39. The summed E-state index contributed by atoms with van der Waals surface area (Å²) in [5, 5.41) is 7.12. The fraction of sp³-hybridized carbons (Fsp3) is 0.171. The number of amides is 3. The molecule has 0 aliphatic carbocycles. The highest BCUT2D eigenvalue weighted by molar-refractivity contribution is 6.21. The molecule has 10 heteroatoms. The number of methoxy groups -OCH3 is 1. The maximum Gasteiger partial charge on any atom is 0.308 e. The zero-order valence-electron chi connectivity index (χ0n) is 24.6. The lowest BCUT2D eigenvalue weighted by molar-refractivity contribution is -0.131. The van der Waals surface area contributed by atoms with Crippen molar-refractivity contribution in [1.82, 2.24) is 4.90 Å². The van der Waals surface area contributed by atoms with E-state index in [1.165, 1.54) is 6.92 Å². The Kier molecular flexibility index (Phi) is 8.11. The van der Waals surface area contributed by atoms with Gasteiger partial charge in [-0.05, 0) is 65.6 Å². The lowest BCUT2D eigenvalue weighted by Gasteiger charge is -2.17. The number of anilines is 1. The Morgan fingerprint density at radius 2 is 1.60 bits per heavy atom. The average molecular weight is 604 g/mol. The van der Waals surface area contributed by atoms with E-state index in [1.807, 2.05) is 36.4 Å². The third-order valence-electron chi connectivity index (χ3n) is 7.70. The van der Waals surface area contributed by atoms with Gasteiger partial charge in [-0.2, -0.15) is 0 Å². The second-order valence-corrected chi connectivity index (χ2v) is 10.6. The van der Waals surface area contributed by atoms with Gasteiger partial charge in [0.2, 0.25) is 0 Å². The molecule has 4 aromatic carbocycles. The Bertz CT molecular complexity index is 1800. The van der Waals surface area contributed by atoms with E-state index in [2.05, 4.69) is 10.5 Å². The molecule has 2 heterocycles. The highest BCUT2D eigenvalue weighted by Gasteiger charge is 2.35. The lowest BCUT2D eigenvalue weighted by Crippen LogP contribution is -2.32. The van der Waals surface area contributed by atoms with Crippen LogP contribution in [0, 0.1) is 0 Å². The first-order valence-electron chi connectivity index (χ1n) is 14.4. The molecule has 4 aromatic rings. The number of hydrogen-bond donors (Lipinski definition) is 1. The standard InChI is InChI=1S/C35H29N3O7/c1-21(39)44-32-24(18-19-38-34(41)27-7-3-4-8-28(27)35(38)42)6-5-9-29(32)33(40)36-25-14-10-22(11-15-25)30-20-31(45-37-30)23-12-16-26(43-2)17-13-23/h3-17,31H,18-20H2,1-2H3,(H,36,40). The highest BCUT2D eigenvalue weighted by Crippen LogP contribution is 2.32. The van der Waals surface area contributed by atoms with Gasteiger partial charge < -0.3 is 19.6 Å². The molecule has 1 atom stereocenters. The minimum Gasteiger partial charge on any atom is -0.497 e. The fourth-order valence-electron chi connectivity index (χ4n) is 5.39. The molecule has 0 fully saturated rings. The summed E-state index contributed by atoms with van der Waals surface area (Å²) in [4.78, 5) is 57.9. The van der Waals surface area contributed by atoms with Crippen LogP contribution in [0.4, 0.5) is 5.69 Å². The molecule has 3 amide bonds. The largest absolute Gasteiger partial charge is 0.497 e. The van der Waals surface area contributed by atoms with Crippen molar-refractivity contribution < 1.29 is 33.5 Å². The van der Waals surface area contributed by atoms with Crippen molar-refractivity contribution in [3.63, 3.8) is 0 Å². The first-order chi connectivity index (χ1) is 21.8. The van der Waals surface area contributed by atoms with Crippen molar-refractivity contribution in [2.75, 3.05) is 19.0 Å². The van der Waals surface area contributed by atoms with Crippen molar-refractivity contribution >= 4 is 35.1 Å². The number of carbonyl (C=O) groups is 4. The topological polar surface area (TPSA) is 124 Å². The maximum absolute atomic E-state index is 13.4. The predicted octanol–water partition coefficient (Wildman–Crippen LogP) is 5.58. The first kappa shape index (κ1) is 29.3. The molecule has 10 nitrogen and oxygen atoms in total. The van der Waals surface area contributed by atoms with Crippen molar-refractivity contribution in [1.29, 1.82) is 0 Å². The number of hydrogen-bond acceptors (Lipinski definition) is 8. The molecule has 0 bridgehead atoms. The summed E-state index contributed by atoms with van der Waals surface area (Å²) in [5.41, 5.74) is 4.53. The summed E-state index contributed by atoms with van der Waals surface area (Å²) in [6.07, 6.45) is 0.581. The van der Waals surface area contributed by atoms with E-state index in [4.69, 9.17) is 14.3 Å². The van der Waals surface area contributed by atoms with Crippen molar-refractivity contribution in [2.24, 2.45) is 5.16 Å². The number of nitrogens with one attached hydrogen (secondary N) is 1. The van der Waals surface area contributed by atoms with E-state index in [1.54, 1.807) is 61.7 Å². The summed E-state index contributed by atoms with van der Waals surface area (Å²) in [6.45, 7) is 1.30. The highest BCUT2D eigenvalue weighted by atomic mass is 16.6. The summed E-state index contributed by atoms with van der Waals surface area (Å²) < 4.78 is 10.7. The van der Waals surface area contributed by atoms with Crippen LogP contribution in [0.5, 0.6) is 11.5 Å². The quantitative estimate of drug-likeness (QED) is 0.151. The van der Waals surface area contributed by atoms with Crippen LogP contribution in [0.2, 0.25) is 0 Å². The lowest BCUT2D eigenvalue weighted by atomic mass is 10.00. The second kappa shape index (κ2) is 12.5. The number of para-hydroxylation sites is 1. The molecular formula is C35H29N3O7. The van der Waals surface area contributed by atoms with Crippen molar-refractivity contribution in [2.45, 2.75) is 25.9 Å². The average Bonchev–Trinajstić information content (AvgIpc) is 3.64. The Morgan fingerprint density at radius 3 is 2.24 bits per heavy atom. The predicted molar refractivity (Wildman–Crippen MR) is 166 cm³/mol. The van der Waals surface area contributed by atoms with Gasteiger partial charge >= 0.3 is 5.97 Å². The molecule has 0 saturated carbocycles. The molecule has 0 radical (unpaired) electrons. The smallest absolute Gasteiger partial charge is 0.308 e. The number of rotatable bonds is 9. The number of benzene rings is 4. The van der Waals surface area contributed by atoms with Gasteiger partial charge in [-0.3, -0.25) is 24.1 Å². The van der Waals surface area contributed by atoms with Crippen LogP contribution in [-0.4, -0.2) is 48.0 Å². The number of oxime groups is 1. The number of nitrogens with zero attached hydrogens (tertiary/aromatic N) is 2. The molecule has 1 unspecified atom stereocenters. The number of esters is 1. The normalized spacial score (nSPS) is 15.3. The third kappa shape index (κ3) is 6.03. The molecular weight excluding hydrogens is 574 g/mol. The van der Waals surface area contributed by atoms with Gasteiger partial charge in [0.1, 0.15) is 11.5 Å². The van der Waals surface area contributed by atoms with E-state index >= 15 is 0 Å². The van der Waals surface area contributed by atoms with Gasteiger partial charge in [0.25, 0.3) is 17.7 Å². The summed E-state index contributed by atoms with van der Waals surface area (Å²) >= 11 is 0. The minimum absolute atomic E-state index is 0.0556. The molecule has 2 aliphatic rings. The van der Waals surface area contributed by atoms with Gasteiger partial charge in [0.05, 0.1) is 29.5 Å². The van der Waals surface area contributed by atoms with Crippen molar-refractivity contribution in [3.05, 3.63) is 124 Å². The molecule has 0 spiro atoms. The first-order valence-corrected chi connectivity index (χ1v) is 14.4. The van der Waals surface area contributed by atoms with E-state index in [0.29, 0.717) is 28.8 Å². The molecule has 6 rings (SSSR count). The minimum atomic E-state index is -0.603. The zero-order chi connectivity index (χ0) is 31.5. The summed E-state index contributed by atoms with van der Waals surface area (Å²) in [7, 11) is 1.62. The number of imide groups is 1. The second-order valence-electron chi connectivity index (χ2n) is 10.6. The Hall–Kier alpha value is -5.77. The van der Waals surface area contributed by atoms with Gasteiger partial charge in [0.15, 0.2) is 6.10 Å². The molecule has 45 heavy (non-hydrogen) atoms. The number of ether oxygens (including phenoxy) is 2. The van der Waals surface area contributed by atoms with Crippen LogP contribution in [-0.2, 0) is 16.1 Å². The summed E-state index contributed by atoms with van der Waals surface area (Å²) in [6, 6.07) is 26.4. The molecule has 2 aliphatic heterocycles. The van der Waals surface area contributed by atoms with Crippen LogP contribution >= 0.6 is 0 Å².